The first-order chi connectivity index (χ1) is 3.41. The molecule has 0 saturated carbocycles. The molecule has 3 heteroatoms. The summed E-state index contributed by atoms with van der Waals surface area (Å²) in [4.78, 5) is 0. The zero-order valence-corrected chi connectivity index (χ0v) is 4.35. The maximum Gasteiger partial charge on any atom is 0.0334 e. The topological polar surface area (TPSA) is 25.1 Å². The Hall–Kier alpha value is -0.250. The number of allylic oxidation sites excluding steroid dienone is 2. The SMILES string of the molecule is C1=CS2(C=C1)OO2. The van der Waals surface area contributed by atoms with Gasteiger partial charge in [0.1, 0.15) is 0 Å². The van der Waals surface area contributed by atoms with E-state index in [1.807, 2.05) is 23.0 Å². The Labute approximate surface area is 43.1 Å². The van der Waals surface area contributed by atoms with E-state index in [0.29, 0.717) is 0 Å². The van der Waals surface area contributed by atoms with Crippen molar-refractivity contribution in [1.82, 2.24) is 0 Å². The minimum atomic E-state index is -1.16. The zero-order valence-electron chi connectivity index (χ0n) is 3.53. The van der Waals surface area contributed by atoms with Crippen LogP contribution >= 0.6 is 10.6 Å². The van der Waals surface area contributed by atoms with Gasteiger partial charge in [0.2, 0.25) is 0 Å². The molecule has 0 unspecified atom stereocenters. The first kappa shape index (κ1) is 3.72. The summed E-state index contributed by atoms with van der Waals surface area (Å²) in [6.07, 6.45) is 3.87. The summed E-state index contributed by atoms with van der Waals surface area (Å²) in [7, 11) is -1.16. The Bertz CT molecular complexity index is 132. The van der Waals surface area contributed by atoms with E-state index in [0.717, 1.165) is 0 Å². The van der Waals surface area contributed by atoms with Gasteiger partial charge in [-0.2, -0.15) is 0 Å². The van der Waals surface area contributed by atoms with Gasteiger partial charge < -0.3 is 0 Å². The largest absolute Gasteiger partial charge is 0.0913 e. The van der Waals surface area contributed by atoms with Gasteiger partial charge in [-0.25, -0.2) is 0 Å². The quantitative estimate of drug-likeness (QED) is 0.355. The molecule has 2 nitrogen and oxygen atoms in total. The van der Waals surface area contributed by atoms with Crippen LogP contribution in [0.4, 0.5) is 0 Å². The van der Waals surface area contributed by atoms with Crippen molar-refractivity contribution in [2.75, 3.05) is 0 Å². The zero-order chi connectivity index (χ0) is 4.74. The molecule has 38 valence electrons. The van der Waals surface area contributed by atoms with Crippen molar-refractivity contribution >= 4 is 10.6 Å². The van der Waals surface area contributed by atoms with Gasteiger partial charge in [-0.15, -0.1) is 0 Å². The van der Waals surface area contributed by atoms with Gasteiger partial charge in [0, 0.05) is 10.8 Å². The predicted molar refractivity (Wildman–Crippen MR) is 28.0 cm³/mol. The summed E-state index contributed by atoms with van der Waals surface area (Å²) in [6, 6.07) is 0. The number of rotatable bonds is 0. The molecule has 2 aliphatic heterocycles. The lowest BCUT2D eigenvalue weighted by atomic mass is 10.6. The van der Waals surface area contributed by atoms with Crippen molar-refractivity contribution in [3.8, 4) is 0 Å². The van der Waals surface area contributed by atoms with Gasteiger partial charge in [0.05, 0.1) is 0 Å². The van der Waals surface area contributed by atoms with E-state index in [2.05, 4.69) is 8.67 Å². The smallest absolute Gasteiger partial charge is 0.0334 e. The average molecular weight is 116 g/mol. The van der Waals surface area contributed by atoms with E-state index in [4.69, 9.17) is 0 Å². The Morgan fingerprint density at radius 3 is 1.86 bits per heavy atom. The van der Waals surface area contributed by atoms with Crippen molar-refractivity contribution in [2.24, 2.45) is 0 Å². The third kappa shape index (κ3) is 0.428. The highest BCUT2D eigenvalue weighted by Gasteiger charge is 2.34. The minimum absolute atomic E-state index is 1.16. The fourth-order valence-electron chi connectivity index (χ4n) is 0.478. The molecule has 2 aliphatic rings. The molecule has 0 aromatic heterocycles. The second-order valence-corrected chi connectivity index (χ2v) is 3.38. The normalized spacial score (nSPS) is 34.3. The molecule has 0 N–H and O–H groups in total. The van der Waals surface area contributed by atoms with Crippen LogP contribution in [0.1, 0.15) is 0 Å². The highest BCUT2D eigenvalue weighted by Crippen LogP contribution is 2.69. The Morgan fingerprint density at radius 2 is 1.57 bits per heavy atom. The minimum Gasteiger partial charge on any atom is -0.0913 e. The van der Waals surface area contributed by atoms with E-state index >= 15 is 0 Å². The van der Waals surface area contributed by atoms with E-state index in [1.165, 1.54) is 0 Å². The summed E-state index contributed by atoms with van der Waals surface area (Å²) in [6.45, 7) is 0. The highest BCUT2D eigenvalue weighted by atomic mass is 32.3. The van der Waals surface area contributed by atoms with Gasteiger partial charge in [0.25, 0.3) is 0 Å². The van der Waals surface area contributed by atoms with E-state index in [1.54, 1.807) is 0 Å². The standard InChI is InChI=1S/C4H4O2S/c1-2-4-7(3-1)5-6-7/h1-4H. The molecule has 0 atom stereocenters. The summed E-state index contributed by atoms with van der Waals surface area (Å²) in [5, 5.41) is 3.88. The van der Waals surface area contributed by atoms with Crippen LogP contribution in [-0.4, -0.2) is 0 Å². The lowest BCUT2D eigenvalue weighted by Crippen LogP contribution is -1.52. The van der Waals surface area contributed by atoms with Crippen LogP contribution < -0.4 is 0 Å². The fourth-order valence-corrected chi connectivity index (χ4v) is 1.63. The molecule has 0 amide bonds. The molecule has 1 saturated heterocycles. The van der Waals surface area contributed by atoms with Crippen LogP contribution in [0.25, 0.3) is 0 Å². The summed E-state index contributed by atoms with van der Waals surface area (Å²) < 4.78 is 9.33. The van der Waals surface area contributed by atoms with Crippen LogP contribution in [-0.2, 0) is 8.67 Å². The van der Waals surface area contributed by atoms with Gasteiger partial charge in [0.15, 0.2) is 0 Å². The highest BCUT2D eigenvalue weighted by molar-refractivity contribution is 8.34. The molecule has 7 heavy (non-hydrogen) atoms. The molecule has 0 aromatic carbocycles. The molecule has 2 heterocycles. The third-order valence-corrected chi connectivity index (χ3v) is 2.40. The van der Waals surface area contributed by atoms with Crippen molar-refractivity contribution in [3.05, 3.63) is 23.0 Å². The lowest BCUT2D eigenvalue weighted by Gasteiger charge is -1.92. The van der Waals surface area contributed by atoms with E-state index in [-0.39, 0.29) is 0 Å². The van der Waals surface area contributed by atoms with Gasteiger partial charge in [-0.05, 0) is 12.2 Å². The summed E-state index contributed by atoms with van der Waals surface area (Å²) in [5.74, 6) is 0. The maximum atomic E-state index is 4.67. The second kappa shape index (κ2) is 0.940. The van der Waals surface area contributed by atoms with Gasteiger partial charge in [-0.3, -0.25) is 0 Å². The molecule has 1 spiro atoms. The maximum absolute atomic E-state index is 4.67. The number of hydrogen-bond donors (Lipinski definition) is 0. The summed E-state index contributed by atoms with van der Waals surface area (Å²) in [5.41, 5.74) is 0. The fraction of sp³-hybridized carbons (Fsp3) is 0. The average Bonchev–Trinajstić information content (AvgIpc) is 2.15. The second-order valence-electron chi connectivity index (χ2n) is 1.38. The molecule has 2 rings (SSSR count). The predicted octanol–water partition coefficient (Wildman–Crippen LogP) is 1.62. The first-order valence-electron chi connectivity index (χ1n) is 1.97. The Morgan fingerprint density at radius 1 is 1.00 bits per heavy atom. The number of hydrogen-bond acceptors (Lipinski definition) is 2. The van der Waals surface area contributed by atoms with Crippen molar-refractivity contribution < 1.29 is 8.67 Å². The molecule has 1 fully saturated rings. The van der Waals surface area contributed by atoms with Crippen LogP contribution in [0, 0.1) is 0 Å². The lowest BCUT2D eigenvalue weighted by molar-refractivity contribution is 0.0850. The van der Waals surface area contributed by atoms with E-state index in [9.17, 15) is 0 Å². The van der Waals surface area contributed by atoms with Crippen molar-refractivity contribution in [1.29, 1.82) is 0 Å². The van der Waals surface area contributed by atoms with Crippen molar-refractivity contribution in [2.45, 2.75) is 0 Å². The molecule has 0 bridgehead atoms. The molecular weight excluding hydrogens is 112 g/mol. The Balaban J connectivity index is 2.38. The van der Waals surface area contributed by atoms with Crippen LogP contribution in [0.5, 0.6) is 0 Å². The Kier molecular flexibility index (Phi) is 0.499. The molecule has 0 aromatic rings. The van der Waals surface area contributed by atoms with Gasteiger partial charge >= 0.3 is 0 Å². The third-order valence-electron chi connectivity index (χ3n) is 0.873. The van der Waals surface area contributed by atoms with Crippen LogP contribution in [0.3, 0.4) is 0 Å². The first-order valence-corrected chi connectivity index (χ1v) is 3.58. The van der Waals surface area contributed by atoms with Crippen LogP contribution in [0.2, 0.25) is 0 Å². The van der Waals surface area contributed by atoms with Gasteiger partial charge in [-0.1, -0.05) is 19.3 Å². The molecule has 0 radical (unpaired) electrons. The summed E-state index contributed by atoms with van der Waals surface area (Å²) >= 11 is 0. The van der Waals surface area contributed by atoms with Crippen molar-refractivity contribution in [3.63, 3.8) is 0 Å². The monoisotopic (exact) mass is 116 g/mol. The van der Waals surface area contributed by atoms with Crippen LogP contribution in [0.15, 0.2) is 23.0 Å². The molecule has 0 aliphatic carbocycles. The molecular formula is C4H4O2S. The van der Waals surface area contributed by atoms with E-state index < -0.39 is 10.6 Å².